The van der Waals surface area contributed by atoms with Crippen molar-refractivity contribution in [2.75, 3.05) is 5.32 Å². The molecule has 0 saturated heterocycles. The van der Waals surface area contributed by atoms with Crippen molar-refractivity contribution in [1.29, 1.82) is 0 Å². The van der Waals surface area contributed by atoms with Gasteiger partial charge in [-0.2, -0.15) is 0 Å². The fourth-order valence-electron chi connectivity index (χ4n) is 2.89. The number of amides is 2. The molecule has 5 heteroatoms. The van der Waals surface area contributed by atoms with E-state index in [-0.39, 0.29) is 24.3 Å². The quantitative estimate of drug-likeness (QED) is 0.679. The molecule has 2 amide bonds. The van der Waals surface area contributed by atoms with E-state index in [1.807, 2.05) is 39.0 Å². The van der Waals surface area contributed by atoms with Crippen molar-refractivity contribution in [3.8, 4) is 0 Å². The van der Waals surface area contributed by atoms with E-state index in [0.29, 0.717) is 11.3 Å². The topological polar surface area (TPSA) is 71.3 Å². The Bertz CT molecular complexity index is 975. The van der Waals surface area contributed by atoms with Crippen molar-refractivity contribution in [2.24, 2.45) is 0 Å². The molecule has 0 aliphatic rings. The minimum absolute atomic E-state index is 0.0713. The number of carbonyl (C=O) groups is 2. The molecule has 27 heavy (non-hydrogen) atoms. The normalized spacial score (nSPS) is 12.0. The van der Waals surface area contributed by atoms with Crippen molar-refractivity contribution in [3.05, 3.63) is 65.4 Å². The first kappa shape index (κ1) is 18.7. The Balaban J connectivity index is 1.75. The molecular weight excluding hydrogens is 340 g/mol. The number of furan rings is 1. The highest BCUT2D eigenvalue weighted by molar-refractivity contribution is 6.04. The maximum Gasteiger partial charge on any atom is 0.253 e. The number of carbonyl (C=O) groups excluding carboxylic acids is 2. The SMILES string of the molecule is CCC(C)NC(=O)c1ccccc1NC(=O)Cc1coc2cc(C)ccc12. The van der Waals surface area contributed by atoms with Crippen LogP contribution in [-0.4, -0.2) is 17.9 Å². The smallest absolute Gasteiger partial charge is 0.253 e. The van der Waals surface area contributed by atoms with Gasteiger partial charge in [0.05, 0.1) is 23.9 Å². The molecule has 0 saturated carbocycles. The molecule has 1 atom stereocenters. The highest BCUT2D eigenvalue weighted by Crippen LogP contribution is 2.23. The number of nitrogens with one attached hydrogen (secondary N) is 2. The highest BCUT2D eigenvalue weighted by atomic mass is 16.3. The number of anilines is 1. The van der Waals surface area contributed by atoms with Crippen molar-refractivity contribution in [2.45, 2.75) is 39.7 Å². The molecule has 3 aromatic rings. The molecule has 0 aliphatic carbocycles. The molecule has 0 radical (unpaired) electrons. The van der Waals surface area contributed by atoms with Gasteiger partial charge in [-0.1, -0.05) is 31.2 Å². The number of fused-ring (bicyclic) bond motifs is 1. The summed E-state index contributed by atoms with van der Waals surface area (Å²) in [5.41, 5.74) is 3.66. The van der Waals surface area contributed by atoms with Crippen molar-refractivity contribution in [1.82, 2.24) is 5.32 Å². The standard InChI is InChI=1S/C22H24N2O3/c1-4-15(3)23-22(26)18-7-5-6-8-19(18)24-21(25)12-16-13-27-20-11-14(2)9-10-17(16)20/h5-11,13,15H,4,12H2,1-3H3,(H,23,26)(H,24,25). The molecule has 1 heterocycles. The second-order valence-corrected chi connectivity index (χ2v) is 6.81. The van der Waals surface area contributed by atoms with E-state index < -0.39 is 0 Å². The zero-order valence-corrected chi connectivity index (χ0v) is 15.8. The molecule has 0 spiro atoms. The molecule has 140 valence electrons. The molecule has 1 aromatic heterocycles. The Morgan fingerprint density at radius 2 is 1.93 bits per heavy atom. The molecule has 3 rings (SSSR count). The zero-order valence-electron chi connectivity index (χ0n) is 15.8. The van der Waals surface area contributed by atoms with E-state index in [1.54, 1.807) is 30.5 Å². The zero-order chi connectivity index (χ0) is 19.4. The molecule has 2 aromatic carbocycles. The van der Waals surface area contributed by atoms with Gasteiger partial charge in [-0.05, 0) is 44.0 Å². The number of rotatable bonds is 6. The van der Waals surface area contributed by atoms with Crippen LogP contribution in [-0.2, 0) is 11.2 Å². The second-order valence-electron chi connectivity index (χ2n) is 6.81. The predicted molar refractivity (Wildman–Crippen MR) is 107 cm³/mol. The van der Waals surface area contributed by atoms with Crippen LogP contribution in [0.3, 0.4) is 0 Å². The van der Waals surface area contributed by atoms with Crippen molar-refractivity contribution >= 4 is 28.5 Å². The molecule has 0 aliphatic heterocycles. The Morgan fingerprint density at radius 1 is 1.15 bits per heavy atom. The Kier molecular flexibility index (Phi) is 5.60. The molecule has 2 N–H and O–H groups in total. The summed E-state index contributed by atoms with van der Waals surface area (Å²) in [4.78, 5) is 25.0. The van der Waals surface area contributed by atoms with Gasteiger partial charge in [-0.3, -0.25) is 9.59 Å². The Hall–Kier alpha value is -3.08. The fourth-order valence-corrected chi connectivity index (χ4v) is 2.89. The monoisotopic (exact) mass is 364 g/mol. The summed E-state index contributed by atoms with van der Waals surface area (Å²) in [6.45, 7) is 5.95. The molecule has 1 unspecified atom stereocenters. The number of hydrogen-bond acceptors (Lipinski definition) is 3. The summed E-state index contributed by atoms with van der Waals surface area (Å²) < 4.78 is 5.55. The van der Waals surface area contributed by atoms with E-state index >= 15 is 0 Å². The average molecular weight is 364 g/mol. The Morgan fingerprint density at radius 3 is 2.70 bits per heavy atom. The van der Waals surface area contributed by atoms with Gasteiger partial charge in [-0.15, -0.1) is 0 Å². The van der Waals surface area contributed by atoms with E-state index in [9.17, 15) is 9.59 Å². The third kappa shape index (κ3) is 4.37. The third-order valence-electron chi connectivity index (χ3n) is 4.60. The van der Waals surface area contributed by atoms with E-state index in [4.69, 9.17) is 4.42 Å². The van der Waals surface area contributed by atoms with Crippen LogP contribution in [0.25, 0.3) is 11.0 Å². The lowest BCUT2D eigenvalue weighted by molar-refractivity contribution is -0.115. The first-order valence-corrected chi connectivity index (χ1v) is 9.14. The minimum Gasteiger partial charge on any atom is -0.464 e. The van der Waals surface area contributed by atoms with Crippen molar-refractivity contribution < 1.29 is 14.0 Å². The van der Waals surface area contributed by atoms with Crippen LogP contribution in [0.5, 0.6) is 0 Å². The van der Waals surface area contributed by atoms with Crippen LogP contribution in [0.15, 0.2) is 53.1 Å². The summed E-state index contributed by atoms with van der Waals surface area (Å²) in [7, 11) is 0. The van der Waals surface area contributed by atoms with Gasteiger partial charge in [0, 0.05) is 17.0 Å². The van der Waals surface area contributed by atoms with E-state index in [1.165, 1.54) is 0 Å². The lowest BCUT2D eigenvalue weighted by Gasteiger charge is -2.14. The van der Waals surface area contributed by atoms with Gasteiger partial charge >= 0.3 is 0 Å². The number of benzene rings is 2. The molecule has 0 fully saturated rings. The number of hydrogen-bond donors (Lipinski definition) is 2. The van der Waals surface area contributed by atoms with Gasteiger partial charge < -0.3 is 15.1 Å². The van der Waals surface area contributed by atoms with Crippen LogP contribution < -0.4 is 10.6 Å². The van der Waals surface area contributed by atoms with E-state index in [2.05, 4.69) is 10.6 Å². The summed E-state index contributed by atoms with van der Waals surface area (Å²) in [5.74, 6) is -0.383. The largest absolute Gasteiger partial charge is 0.464 e. The number of para-hydroxylation sites is 1. The van der Waals surface area contributed by atoms with Crippen LogP contribution in [0.4, 0.5) is 5.69 Å². The molecule has 0 bridgehead atoms. The first-order valence-electron chi connectivity index (χ1n) is 9.14. The maximum atomic E-state index is 12.6. The van der Waals surface area contributed by atoms with Gasteiger partial charge in [0.2, 0.25) is 5.91 Å². The summed E-state index contributed by atoms with van der Waals surface area (Å²) in [5, 5.41) is 6.71. The summed E-state index contributed by atoms with van der Waals surface area (Å²) in [6, 6.07) is 13.0. The lowest BCUT2D eigenvalue weighted by atomic mass is 10.1. The van der Waals surface area contributed by atoms with Crippen LogP contribution in [0.1, 0.15) is 41.8 Å². The van der Waals surface area contributed by atoms with Gasteiger partial charge in [-0.25, -0.2) is 0 Å². The second kappa shape index (κ2) is 8.08. The fraction of sp³-hybridized carbons (Fsp3) is 0.273. The van der Waals surface area contributed by atoms with Crippen LogP contribution >= 0.6 is 0 Å². The Labute approximate surface area is 158 Å². The van der Waals surface area contributed by atoms with Crippen LogP contribution in [0.2, 0.25) is 0 Å². The third-order valence-corrected chi connectivity index (χ3v) is 4.60. The number of aryl methyl sites for hydroxylation is 1. The van der Waals surface area contributed by atoms with E-state index in [0.717, 1.165) is 28.5 Å². The lowest BCUT2D eigenvalue weighted by Crippen LogP contribution is -2.32. The molecule has 5 nitrogen and oxygen atoms in total. The molecular formula is C22H24N2O3. The maximum absolute atomic E-state index is 12.6. The van der Waals surface area contributed by atoms with Gasteiger partial charge in [0.15, 0.2) is 0 Å². The minimum atomic E-state index is -0.193. The van der Waals surface area contributed by atoms with Gasteiger partial charge in [0.25, 0.3) is 5.91 Å². The first-order chi connectivity index (χ1) is 13.0. The summed E-state index contributed by atoms with van der Waals surface area (Å²) >= 11 is 0. The van der Waals surface area contributed by atoms with Gasteiger partial charge in [0.1, 0.15) is 5.58 Å². The predicted octanol–water partition coefficient (Wildman–Crippen LogP) is 4.45. The average Bonchev–Trinajstić information content (AvgIpc) is 3.03. The highest BCUT2D eigenvalue weighted by Gasteiger charge is 2.16. The van der Waals surface area contributed by atoms with Crippen molar-refractivity contribution in [3.63, 3.8) is 0 Å². The van der Waals surface area contributed by atoms with Crippen LogP contribution in [0, 0.1) is 6.92 Å². The summed E-state index contributed by atoms with van der Waals surface area (Å²) in [6.07, 6.45) is 2.63.